The molecule has 0 aliphatic carbocycles. The minimum atomic E-state index is -1.61. The lowest BCUT2D eigenvalue weighted by Gasteiger charge is -2.09. The summed E-state index contributed by atoms with van der Waals surface area (Å²) in [5.74, 6) is 0. The van der Waals surface area contributed by atoms with Crippen LogP contribution in [0.25, 0.3) is 0 Å². The number of carbonyl (C=O) groups is 1. The van der Waals surface area contributed by atoms with Crippen LogP contribution in [0.5, 0.6) is 0 Å². The molecule has 0 radical (unpaired) electrons. The van der Waals surface area contributed by atoms with Crippen LogP contribution in [-0.2, 0) is 9.47 Å². The Balaban J connectivity index is 3.51. The van der Waals surface area contributed by atoms with Gasteiger partial charge in [-0.3, -0.25) is 8.78 Å². The van der Waals surface area contributed by atoms with Crippen molar-refractivity contribution in [2.24, 2.45) is 0 Å². The van der Waals surface area contributed by atoms with Crippen molar-refractivity contribution in [3.8, 4) is 0 Å². The van der Waals surface area contributed by atoms with Crippen LogP contribution in [-0.4, -0.2) is 45.1 Å². The van der Waals surface area contributed by atoms with Gasteiger partial charge in [0.2, 0.25) is 0 Å². The highest BCUT2D eigenvalue weighted by molar-refractivity contribution is 5.59. The SMILES string of the molecule is O=C(OC[C@H](F)CCF)OC[C@H](F)CCF. The van der Waals surface area contributed by atoms with E-state index in [4.69, 9.17) is 0 Å². The van der Waals surface area contributed by atoms with E-state index in [9.17, 15) is 22.4 Å². The fourth-order valence-electron chi connectivity index (χ4n) is 0.762. The van der Waals surface area contributed by atoms with Crippen molar-refractivity contribution in [1.29, 1.82) is 0 Å². The summed E-state index contributed by atoms with van der Waals surface area (Å²) in [7, 11) is 0. The van der Waals surface area contributed by atoms with Crippen molar-refractivity contribution in [2.45, 2.75) is 25.2 Å². The van der Waals surface area contributed by atoms with Crippen molar-refractivity contribution in [3.05, 3.63) is 0 Å². The topological polar surface area (TPSA) is 35.5 Å². The second-order valence-corrected chi connectivity index (χ2v) is 3.02. The second-order valence-electron chi connectivity index (χ2n) is 3.02. The Morgan fingerprint density at radius 3 is 1.62 bits per heavy atom. The maximum absolute atomic E-state index is 12.6. The number of rotatable bonds is 8. The molecule has 0 aliphatic rings. The molecule has 0 aromatic heterocycles. The zero-order chi connectivity index (χ0) is 12.4. The van der Waals surface area contributed by atoms with Crippen LogP contribution >= 0.6 is 0 Å². The Hall–Kier alpha value is -1.01. The maximum Gasteiger partial charge on any atom is 0.508 e. The summed E-state index contributed by atoms with van der Waals surface area (Å²) in [6.07, 6.45) is -5.21. The molecule has 0 N–H and O–H groups in total. The Bertz CT molecular complexity index is 174. The second kappa shape index (κ2) is 9.23. The molecule has 0 spiro atoms. The molecule has 0 amide bonds. The Morgan fingerprint density at radius 2 is 1.31 bits per heavy atom. The summed E-state index contributed by atoms with van der Waals surface area (Å²) in [5.41, 5.74) is 0. The molecule has 0 aromatic rings. The van der Waals surface area contributed by atoms with E-state index in [0.717, 1.165) is 0 Å². The highest BCUT2D eigenvalue weighted by Crippen LogP contribution is 2.02. The van der Waals surface area contributed by atoms with Crippen LogP contribution in [0.1, 0.15) is 12.8 Å². The number of alkyl halides is 4. The first kappa shape index (κ1) is 15.0. The first-order valence-corrected chi connectivity index (χ1v) is 4.79. The average Bonchev–Trinajstić information content (AvgIpc) is 2.24. The molecule has 0 rings (SSSR count). The molecule has 0 bridgehead atoms. The first-order chi connectivity index (χ1) is 7.60. The van der Waals surface area contributed by atoms with E-state index in [1.165, 1.54) is 0 Å². The number of hydrogen-bond donors (Lipinski definition) is 0. The molecule has 16 heavy (non-hydrogen) atoms. The van der Waals surface area contributed by atoms with Gasteiger partial charge in [-0.2, -0.15) is 0 Å². The van der Waals surface area contributed by atoms with Crippen LogP contribution in [0.15, 0.2) is 0 Å². The summed E-state index contributed by atoms with van der Waals surface area (Å²) >= 11 is 0. The third-order valence-corrected chi connectivity index (χ3v) is 1.61. The minimum absolute atomic E-state index is 0.374. The fourth-order valence-corrected chi connectivity index (χ4v) is 0.762. The van der Waals surface area contributed by atoms with E-state index in [1.54, 1.807) is 0 Å². The van der Waals surface area contributed by atoms with E-state index in [2.05, 4.69) is 9.47 Å². The summed E-state index contributed by atoms with van der Waals surface area (Å²) in [6, 6.07) is 0. The van der Waals surface area contributed by atoms with Gasteiger partial charge in [0, 0.05) is 12.8 Å². The van der Waals surface area contributed by atoms with E-state index < -0.39 is 45.1 Å². The van der Waals surface area contributed by atoms with Gasteiger partial charge in [-0.05, 0) is 0 Å². The van der Waals surface area contributed by atoms with Gasteiger partial charge in [-0.15, -0.1) is 0 Å². The van der Waals surface area contributed by atoms with Crippen LogP contribution in [0, 0.1) is 0 Å². The molecular formula is C9H14F4O3. The predicted molar refractivity (Wildman–Crippen MR) is 48.3 cm³/mol. The monoisotopic (exact) mass is 246 g/mol. The number of halogens is 4. The Morgan fingerprint density at radius 1 is 0.938 bits per heavy atom. The molecule has 0 saturated heterocycles. The highest BCUT2D eigenvalue weighted by Gasteiger charge is 2.14. The van der Waals surface area contributed by atoms with Gasteiger partial charge in [-0.1, -0.05) is 0 Å². The quantitative estimate of drug-likeness (QED) is 0.487. The molecule has 96 valence electrons. The smallest absolute Gasteiger partial charge is 0.431 e. The average molecular weight is 246 g/mol. The normalized spacial score (nSPS) is 14.2. The van der Waals surface area contributed by atoms with Gasteiger partial charge in [0.1, 0.15) is 25.6 Å². The Labute approximate surface area is 90.7 Å². The molecule has 0 aliphatic heterocycles. The lowest BCUT2D eigenvalue weighted by atomic mass is 10.3. The molecule has 0 saturated carbocycles. The standard InChI is InChI=1S/C9H14F4O3/c10-3-1-7(12)5-15-9(14)16-6-8(13)2-4-11/h7-8H,1-6H2/t7-,8-/m1/s1. The molecule has 0 heterocycles. The van der Waals surface area contributed by atoms with Gasteiger partial charge < -0.3 is 9.47 Å². The first-order valence-electron chi connectivity index (χ1n) is 4.79. The van der Waals surface area contributed by atoms with Gasteiger partial charge >= 0.3 is 6.16 Å². The number of carbonyl (C=O) groups excluding carboxylic acids is 1. The van der Waals surface area contributed by atoms with Crippen molar-refractivity contribution >= 4 is 6.16 Å². The largest absolute Gasteiger partial charge is 0.508 e. The fraction of sp³-hybridized carbons (Fsp3) is 0.889. The van der Waals surface area contributed by atoms with Gasteiger partial charge in [0.25, 0.3) is 0 Å². The van der Waals surface area contributed by atoms with Crippen molar-refractivity contribution < 1.29 is 31.8 Å². The summed E-state index contributed by atoms with van der Waals surface area (Å²) in [6.45, 7) is -2.99. The van der Waals surface area contributed by atoms with Gasteiger partial charge in [0.05, 0.1) is 13.3 Å². The summed E-state index contributed by atoms with van der Waals surface area (Å²) in [4.78, 5) is 10.7. The number of hydrogen-bond acceptors (Lipinski definition) is 3. The zero-order valence-corrected chi connectivity index (χ0v) is 8.63. The maximum atomic E-state index is 12.6. The molecule has 7 heteroatoms. The summed E-state index contributed by atoms with van der Waals surface area (Å²) in [5, 5.41) is 0. The van der Waals surface area contributed by atoms with Crippen molar-refractivity contribution in [3.63, 3.8) is 0 Å². The molecule has 3 nitrogen and oxygen atoms in total. The molecule has 2 atom stereocenters. The van der Waals surface area contributed by atoms with E-state index >= 15 is 0 Å². The summed E-state index contributed by atoms with van der Waals surface area (Å²) < 4.78 is 56.8. The van der Waals surface area contributed by atoms with Crippen LogP contribution in [0.4, 0.5) is 22.4 Å². The predicted octanol–water partition coefficient (Wildman–Crippen LogP) is 2.54. The van der Waals surface area contributed by atoms with Crippen LogP contribution in [0.2, 0.25) is 0 Å². The molecular weight excluding hydrogens is 232 g/mol. The molecule has 0 unspecified atom stereocenters. The zero-order valence-electron chi connectivity index (χ0n) is 8.63. The lowest BCUT2D eigenvalue weighted by molar-refractivity contribution is 0.0213. The van der Waals surface area contributed by atoms with Gasteiger partial charge in [0.15, 0.2) is 0 Å². The van der Waals surface area contributed by atoms with E-state index in [1.807, 2.05) is 0 Å². The molecule has 0 aromatic carbocycles. The lowest BCUT2D eigenvalue weighted by Crippen LogP contribution is -2.20. The highest BCUT2D eigenvalue weighted by atomic mass is 19.1. The van der Waals surface area contributed by atoms with E-state index in [0.29, 0.717) is 0 Å². The van der Waals surface area contributed by atoms with Crippen LogP contribution < -0.4 is 0 Å². The minimum Gasteiger partial charge on any atom is -0.431 e. The van der Waals surface area contributed by atoms with E-state index in [-0.39, 0.29) is 12.8 Å². The Kier molecular flexibility index (Phi) is 8.65. The number of ether oxygens (including phenoxy) is 2. The van der Waals surface area contributed by atoms with Crippen molar-refractivity contribution in [2.75, 3.05) is 26.6 Å². The van der Waals surface area contributed by atoms with Crippen molar-refractivity contribution in [1.82, 2.24) is 0 Å². The third-order valence-electron chi connectivity index (χ3n) is 1.61. The van der Waals surface area contributed by atoms with Crippen LogP contribution in [0.3, 0.4) is 0 Å². The third kappa shape index (κ3) is 8.31. The molecule has 0 fully saturated rings. The van der Waals surface area contributed by atoms with Gasteiger partial charge in [-0.25, -0.2) is 13.6 Å².